The van der Waals surface area contributed by atoms with Crippen LogP contribution in [0, 0.1) is 0 Å². The molecule has 0 amide bonds. The first-order valence-electron chi connectivity index (χ1n) is 7.73. The molecule has 112 valence electrons. The maximum atomic E-state index is 12.4. The van der Waals surface area contributed by atoms with Gasteiger partial charge in [-0.3, -0.25) is 4.79 Å². The van der Waals surface area contributed by atoms with E-state index in [9.17, 15) is 4.79 Å². The van der Waals surface area contributed by atoms with Gasteiger partial charge in [-0.15, -0.1) is 0 Å². The van der Waals surface area contributed by atoms with Crippen molar-refractivity contribution in [2.45, 2.75) is 50.0 Å². The van der Waals surface area contributed by atoms with Gasteiger partial charge in [-0.25, -0.2) is 0 Å². The average molecular weight is 303 g/mol. The standard InChI is InChI=1S/C17H21NO2S/c1-2-20-13-8-9-15-14(10-13)17(19)16(21-15)11-18-12-6-4-3-5-7-12/h8-12,18H,2-7H2,1H3. The molecule has 0 aromatic heterocycles. The third-order valence-electron chi connectivity index (χ3n) is 4.01. The molecule has 1 aromatic rings. The molecule has 1 fully saturated rings. The van der Waals surface area contributed by atoms with Gasteiger partial charge in [0.15, 0.2) is 0 Å². The van der Waals surface area contributed by atoms with Crippen LogP contribution in [-0.4, -0.2) is 18.4 Å². The molecule has 0 unspecified atom stereocenters. The fourth-order valence-corrected chi connectivity index (χ4v) is 3.85. The summed E-state index contributed by atoms with van der Waals surface area (Å²) in [5.74, 6) is 0.881. The number of carbonyl (C=O) groups is 1. The van der Waals surface area contributed by atoms with E-state index in [1.54, 1.807) is 11.8 Å². The summed E-state index contributed by atoms with van der Waals surface area (Å²) in [6.45, 7) is 2.56. The number of nitrogens with one attached hydrogen (secondary N) is 1. The molecule has 2 aliphatic rings. The zero-order valence-corrected chi connectivity index (χ0v) is 13.2. The highest BCUT2D eigenvalue weighted by Gasteiger charge is 2.26. The summed E-state index contributed by atoms with van der Waals surface area (Å²) in [7, 11) is 0. The first-order valence-corrected chi connectivity index (χ1v) is 8.55. The maximum Gasteiger partial charge on any atom is 0.202 e. The number of ketones is 1. The van der Waals surface area contributed by atoms with Gasteiger partial charge in [0, 0.05) is 22.7 Å². The van der Waals surface area contributed by atoms with Gasteiger partial charge in [0.05, 0.1) is 11.5 Å². The fourth-order valence-electron chi connectivity index (χ4n) is 2.89. The van der Waals surface area contributed by atoms with E-state index in [1.807, 2.05) is 31.3 Å². The minimum absolute atomic E-state index is 0.111. The second-order valence-corrected chi connectivity index (χ2v) is 6.62. The molecule has 0 bridgehead atoms. The van der Waals surface area contributed by atoms with Gasteiger partial charge in [-0.1, -0.05) is 31.0 Å². The van der Waals surface area contributed by atoms with Crippen molar-refractivity contribution in [2.24, 2.45) is 0 Å². The van der Waals surface area contributed by atoms with Crippen LogP contribution >= 0.6 is 11.8 Å². The molecule has 3 rings (SSSR count). The maximum absolute atomic E-state index is 12.4. The summed E-state index contributed by atoms with van der Waals surface area (Å²) >= 11 is 1.55. The lowest BCUT2D eigenvalue weighted by Gasteiger charge is -2.21. The van der Waals surface area contributed by atoms with Gasteiger partial charge in [0.1, 0.15) is 5.75 Å². The zero-order chi connectivity index (χ0) is 14.7. The van der Waals surface area contributed by atoms with E-state index in [-0.39, 0.29) is 5.78 Å². The topological polar surface area (TPSA) is 38.3 Å². The van der Waals surface area contributed by atoms with Crippen LogP contribution in [0.2, 0.25) is 0 Å². The minimum atomic E-state index is 0.111. The molecule has 0 spiro atoms. The SMILES string of the molecule is CCOc1ccc2c(c1)C(=O)C(=CNC1CCCCC1)S2. The Balaban J connectivity index is 1.70. The van der Waals surface area contributed by atoms with E-state index in [0.717, 1.165) is 21.1 Å². The summed E-state index contributed by atoms with van der Waals surface area (Å²) in [5.41, 5.74) is 0.766. The Labute approximate surface area is 130 Å². The van der Waals surface area contributed by atoms with Crippen molar-refractivity contribution >= 4 is 17.5 Å². The molecule has 0 atom stereocenters. The smallest absolute Gasteiger partial charge is 0.202 e. The number of Topliss-reactive ketones (excluding diaryl/α,β-unsaturated/α-hetero) is 1. The number of ether oxygens (including phenoxy) is 1. The quantitative estimate of drug-likeness (QED) is 0.849. The van der Waals surface area contributed by atoms with Crippen molar-refractivity contribution < 1.29 is 9.53 Å². The summed E-state index contributed by atoms with van der Waals surface area (Å²) in [5, 5.41) is 3.43. The molecule has 1 aromatic carbocycles. The minimum Gasteiger partial charge on any atom is -0.494 e. The second-order valence-electron chi connectivity index (χ2n) is 5.53. The van der Waals surface area contributed by atoms with Gasteiger partial charge in [-0.05, 0) is 38.0 Å². The monoisotopic (exact) mass is 303 g/mol. The van der Waals surface area contributed by atoms with Crippen LogP contribution in [0.15, 0.2) is 34.2 Å². The largest absolute Gasteiger partial charge is 0.494 e. The van der Waals surface area contributed by atoms with E-state index in [2.05, 4.69) is 5.32 Å². The summed E-state index contributed by atoms with van der Waals surface area (Å²) in [6, 6.07) is 6.29. The van der Waals surface area contributed by atoms with E-state index >= 15 is 0 Å². The number of fused-ring (bicyclic) bond motifs is 1. The van der Waals surface area contributed by atoms with Crippen molar-refractivity contribution in [3.05, 3.63) is 34.9 Å². The predicted octanol–water partition coefficient (Wildman–Crippen LogP) is 4.14. The summed E-state index contributed by atoms with van der Waals surface area (Å²) < 4.78 is 5.47. The van der Waals surface area contributed by atoms with Crippen LogP contribution < -0.4 is 10.1 Å². The second kappa shape index (κ2) is 6.56. The Kier molecular flexibility index (Phi) is 4.54. The fraction of sp³-hybridized carbons (Fsp3) is 0.471. The average Bonchev–Trinajstić information content (AvgIpc) is 2.83. The number of thioether (sulfide) groups is 1. The number of hydrogen-bond donors (Lipinski definition) is 1. The van der Waals surface area contributed by atoms with Gasteiger partial charge in [-0.2, -0.15) is 0 Å². The lowest BCUT2D eigenvalue weighted by molar-refractivity contribution is 0.104. The molecule has 1 heterocycles. The van der Waals surface area contributed by atoms with Crippen LogP contribution in [0.1, 0.15) is 49.4 Å². The van der Waals surface area contributed by atoms with E-state index in [0.29, 0.717) is 12.6 Å². The van der Waals surface area contributed by atoms with Crippen molar-refractivity contribution in [3.8, 4) is 5.75 Å². The van der Waals surface area contributed by atoms with Crippen LogP contribution in [0.25, 0.3) is 0 Å². The van der Waals surface area contributed by atoms with Crippen LogP contribution in [0.4, 0.5) is 0 Å². The molecule has 0 saturated heterocycles. The summed E-state index contributed by atoms with van der Waals surface area (Å²) in [6.07, 6.45) is 8.27. The number of allylic oxidation sites excluding steroid dienone is 1. The van der Waals surface area contributed by atoms with Gasteiger partial charge in [0.2, 0.25) is 5.78 Å². The van der Waals surface area contributed by atoms with Crippen LogP contribution in [0.3, 0.4) is 0 Å². The molecule has 4 heteroatoms. The molecular weight excluding hydrogens is 282 g/mol. The van der Waals surface area contributed by atoms with Crippen molar-refractivity contribution in [1.29, 1.82) is 0 Å². The Morgan fingerprint density at radius 2 is 2.14 bits per heavy atom. The van der Waals surface area contributed by atoms with Crippen LogP contribution in [0.5, 0.6) is 5.75 Å². The molecule has 1 aliphatic carbocycles. The van der Waals surface area contributed by atoms with E-state index < -0.39 is 0 Å². The zero-order valence-electron chi connectivity index (χ0n) is 12.4. The molecule has 1 saturated carbocycles. The summed E-state index contributed by atoms with van der Waals surface area (Å²) in [4.78, 5) is 14.3. The van der Waals surface area contributed by atoms with Gasteiger partial charge < -0.3 is 10.1 Å². The molecule has 3 nitrogen and oxygen atoms in total. The Hall–Kier alpha value is -1.42. The number of rotatable bonds is 4. The van der Waals surface area contributed by atoms with Gasteiger partial charge >= 0.3 is 0 Å². The predicted molar refractivity (Wildman–Crippen MR) is 85.9 cm³/mol. The molecule has 21 heavy (non-hydrogen) atoms. The van der Waals surface area contributed by atoms with E-state index in [1.165, 1.54) is 32.1 Å². The Morgan fingerprint density at radius 1 is 1.33 bits per heavy atom. The number of hydrogen-bond acceptors (Lipinski definition) is 4. The highest BCUT2D eigenvalue weighted by Crippen LogP contribution is 2.41. The molecule has 1 aliphatic heterocycles. The van der Waals surface area contributed by atoms with E-state index in [4.69, 9.17) is 4.74 Å². The Bertz CT molecular complexity index is 562. The van der Waals surface area contributed by atoms with Crippen LogP contribution in [-0.2, 0) is 0 Å². The number of carbonyl (C=O) groups excluding carboxylic acids is 1. The molecule has 1 N–H and O–H groups in total. The van der Waals surface area contributed by atoms with Crippen molar-refractivity contribution in [3.63, 3.8) is 0 Å². The Morgan fingerprint density at radius 3 is 2.90 bits per heavy atom. The first-order chi connectivity index (χ1) is 10.3. The lowest BCUT2D eigenvalue weighted by atomic mass is 9.96. The molecular formula is C17H21NO2S. The number of benzene rings is 1. The third kappa shape index (κ3) is 3.26. The third-order valence-corrected chi connectivity index (χ3v) is 5.10. The highest BCUT2D eigenvalue weighted by atomic mass is 32.2. The van der Waals surface area contributed by atoms with Gasteiger partial charge in [0.25, 0.3) is 0 Å². The highest BCUT2D eigenvalue weighted by molar-refractivity contribution is 8.04. The van der Waals surface area contributed by atoms with Crippen molar-refractivity contribution in [2.75, 3.05) is 6.61 Å². The van der Waals surface area contributed by atoms with Crippen molar-refractivity contribution in [1.82, 2.24) is 5.32 Å². The normalized spacial score (nSPS) is 20.6. The lowest BCUT2D eigenvalue weighted by Crippen LogP contribution is -2.27. The molecule has 0 radical (unpaired) electrons. The first kappa shape index (κ1) is 14.5.